The average molecular weight is 847 g/mol. The van der Waals surface area contributed by atoms with Crippen molar-refractivity contribution < 1.29 is 50.7 Å². The predicted molar refractivity (Wildman–Crippen MR) is 200 cm³/mol. The second-order valence-electron chi connectivity index (χ2n) is 13.2. The van der Waals surface area contributed by atoms with E-state index < -0.39 is 77.3 Å². The van der Waals surface area contributed by atoms with Gasteiger partial charge in [-0.05, 0) is 59.9 Å². The summed E-state index contributed by atoms with van der Waals surface area (Å²) < 4.78 is 73.2. The van der Waals surface area contributed by atoms with Gasteiger partial charge >= 0.3 is 12.1 Å². The van der Waals surface area contributed by atoms with Crippen LogP contribution >= 0.6 is 35.0 Å². The number of alkyl halides is 5. The number of methoxy groups -OCH3 is 1. The van der Waals surface area contributed by atoms with Gasteiger partial charge in [-0.2, -0.15) is 33.7 Å². The fourth-order valence-electron chi connectivity index (χ4n) is 5.76. The molecule has 56 heavy (non-hydrogen) atoms. The van der Waals surface area contributed by atoms with Crippen LogP contribution in [0.25, 0.3) is 0 Å². The third-order valence-electron chi connectivity index (χ3n) is 8.71. The lowest BCUT2D eigenvalue weighted by Crippen LogP contribution is -2.60. The normalized spacial score (nSPS) is 16.9. The summed E-state index contributed by atoms with van der Waals surface area (Å²) in [6.45, 7) is 0.421. The van der Waals surface area contributed by atoms with E-state index in [1.54, 1.807) is 30.3 Å². The number of thioether (sulfide) groups is 1. The first-order chi connectivity index (χ1) is 26.3. The molecule has 4 rings (SSSR count). The second kappa shape index (κ2) is 19.1. The van der Waals surface area contributed by atoms with E-state index >= 15 is 8.78 Å². The van der Waals surface area contributed by atoms with Gasteiger partial charge in [0, 0.05) is 30.2 Å². The van der Waals surface area contributed by atoms with E-state index in [1.165, 1.54) is 62.0 Å². The van der Waals surface area contributed by atoms with Gasteiger partial charge in [0.05, 0.1) is 23.2 Å². The molecular weight excluding hydrogens is 808 g/mol. The Morgan fingerprint density at radius 2 is 1.62 bits per heavy atom. The fraction of sp³-hybridized carbons (Fsp3) is 0.405. The summed E-state index contributed by atoms with van der Waals surface area (Å²) in [5.41, 5.74) is 1.36. The first-order valence-corrected chi connectivity index (χ1v) is 18.9. The number of amides is 4. The number of pyridine rings is 1. The van der Waals surface area contributed by atoms with Gasteiger partial charge in [0.2, 0.25) is 17.6 Å². The Morgan fingerprint density at radius 3 is 2.21 bits per heavy atom. The lowest BCUT2D eigenvalue weighted by Gasteiger charge is -2.31. The number of nitrogens with one attached hydrogen (secondary N) is 3. The van der Waals surface area contributed by atoms with Gasteiger partial charge in [-0.1, -0.05) is 61.3 Å². The minimum absolute atomic E-state index is 0.0124. The van der Waals surface area contributed by atoms with Crippen LogP contribution in [-0.2, 0) is 31.4 Å². The molecule has 2 unspecified atom stereocenters. The van der Waals surface area contributed by atoms with Crippen molar-refractivity contribution in [3.63, 3.8) is 0 Å². The van der Waals surface area contributed by atoms with E-state index in [2.05, 4.69) is 15.6 Å². The highest BCUT2D eigenvalue weighted by atomic mass is 35.5. The van der Waals surface area contributed by atoms with E-state index in [0.717, 1.165) is 10.9 Å². The molecule has 0 bridgehead atoms. The number of likely N-dealkylation sites (tertiary alicyclic amines) is 1. The predicted octanol–water partition coefficient (Wildman–Crippen LogP) is 5.66. The zero-order chi connectivity index (χ0) is 41.4. The summed E-state index contributed by atoms with van der Waals surface area (Å²) in [5, 5.41) is 5.91. The number of halogens is 7. The maximum absolute atomic E-state index is 15.0. The van der Waals surface area contributed by atoms with Crippen LogP contribution in [0.4, 0.5) is 22.0 Å². The maximum atomic E-state index is 15.0. The SMILES string of the molecule is COc1ccc(CS[C@@H]2C[C@@H](C(=O)NC(C(=O)C(F)(F)C(=O)NCC(F)(F)F)C(C)C)N(C(=O)C(Cc3ccc(Cl)c(Cl)c3)NC(=O)c3ccccn3)C2)cc1. The quantitative estimate of drug-likeness (QED) is 0.124. The number of hydrogen-bond donors (Lipinski definition) is 3. The molecule has 3 aromatic rings. The fourth-order valence-corrected chi connectivity index (χ4v) is 7.29. The Morgan fingerprint density at radius 1 is 0.946 bits per heavy atom. The van der Waals surface area contributed by atoms with Gasteiger partial charge in [0.25, 0.3) is 11.8 Å². The minimum atomic E-state index is -5.03. The third kappa shape index (κ3) is 11.8. The highest BCUT2D eigenvalue weighted by molar-refractivity contribution is 7.99. The zero-order valence-electron chi connectivity index (χ0n) is 30.2. The van der Waals surface area contributed by atoms with Gasteiger partial charge in [-0.15, -0.1) is 0 Å². The smallest absolute Gasteiger partial charge is 0.405 e. The van der Waals surface area contributed by atoms with Crippen LogP contribution in [0.2, 0.25) is 10.0 Å². The number of rotatable bonds is 16. The molecule has 1 aromatic heterocycles. The van der Waals surface area contributed by atoms with Crippen LogP contribution in [0.1, 0.15) is 41.9 Å². The highest BCUT2D eigenvalue weighted by Gasteiger charge is 2.52. The number of aromatic nitrogens is 1. The summed E-state index contributed by atoms with van der Waals surface area (Å²) >= 11 is 13.7. The van der Waals surface area contributed by atoms with E-state index in [-0.39, 0.29) is 35.1 Å². The van der Waals surface area contributed by atoms with Crippen molar-refractivity contribution in [1.82, 2.24) is 25.8 Å². The molecule has 0 spiro atoms. The van der Waals surface area contributed by atoms with Gasteiger partial charge in [0.15, 0.2) is 0 Å². The number of ketones is 1. The molecule has 302 valence electrons. The summed E-state index contributed by atoms with van der Waals surface area (Å²) in [7, 11) is 1.52. The molecule has 1 saturated heterocycles. The van der Waals surface area contributed by atoms with E-state index in [4.69, 9.17) is 27.9 Å². The summed E-state index contributed by atoms with van der Waals surface area (Å²) in [6, 6.07) is 11.6. The average Bonchev–Trinajstić information content (AvgIpc) is 3.60. The molecule has 19 heteroatoms. The van der Waals surface area contributed by atoms with Crippen LogP contribution in [-0.4, -0.2) is 95.0 Å². The van der Waals surface area contributed by atoms with Crippen LogP contribution in [0, 0.1) is 5.92 Å². The Labute approximate surface area is 333 Å². The van der Waals surface area contributed by atoms with Gasteiger partial charge in [0.1, 0.15) is 30.1 Å². The Bertz CT molecular complexity index is 1890. The first-order valence-electron chi connectivity index (χ1n) is 17.1. The van der Waals surface area contributed by atoms with Gasteiger partial charge in [-0.3, -0.25) is 29.0 Å². The summed E-state index contributed by atoms with van der Waals surface area (Å²) in [5.74, 6) is -12.1. The molecule has 11 nitrogen and oxygen atoms in total. The number of benzene rings is 2. The summed E-state index contributed by atoms with van der Waals surface area (Å²) in [6.07, 6.45) is -3.80. The minimum Gasteiger partial charge on any atom is -0.497 e. The Hall–Kier alpha value is -4.48. The van der Waals surface area contributed by atoms with Crippen molar-refractivity contribution >= 4 is 64.4 Å². The maximum Gasteiger partial charge on any atom is 0.405 e. The monoisotopic (exact) mass is 845 g/mol. The van der Waals surface area contributed by atoms with Crippen molar-refractivity contribution in [2.45, 2.75) is 67.9 Å². The molecule has 0 saturated carbocycles. The standard InChI is InChI=1S/C37H38Cl2F5N5O6S/c1-20(2)30(31(50)37(43,44)35(54)46-19-36(40,41)42)48-33(52)29-16-24(56-18-21-7-10-23(55-3)11-8-21)17-49(29)34(53)28(15-22-9-12-25(38)26(39)14-22)47-32(51)27-6-4-5-13-45-27/h4-14,20,24,28-30H,15-19H2,1-3H3,(H,46,54)(H,47,51)(H,48,52)/t24-,28?,29+,30?/m1/s1. The zero-order valence-corrected chi connectivity index (χ0v) is 32.5. The Kier molecular flexibility index (Phi) is 15.1. The molecule has 0 radical (unpaired) electrons. The number of hydrogen-bond acceptors (Lipinski definition) is 8. The molecule has 4 amide bonds. The molecule has 2 heterocycles. The van der Waals surface area contributed by atoms with Crippen molar-refractivity contribution in [1.29, 1.82) is 0 Å². The lowest BCUT2D eigenvalue weighted by atomic mass is 9.94. The topological polar surface area (TPSA) is 147 Å². The molecule has 0 aliphatic carbocycles. The van der Waals surface area contributed by atoms with Crippen LogP contribution in [0.3, 0.4) is 0 Å². The van der Waals surface area contributed by atoms with Gasteiger partial charge < -0.3 is 25.6 Å². The first kappa shape index (κ1) is 44.2. The Balaban J connectivity index is 1.65. The molecule has 1 aliphatic rings. The molecule has 1 aliphatic heterocycles. The van der Waals surface area contributed by atoms with Crippen LogP contribution in [0.15, 0.2) is 66.9 Å². The van der Waals surface area contributed by atoms with Crippen molar-refractivity contribution in [3.05, 3.63) is 93.7 Å². The number of Topliss-reactive ketones (excluding diaryl/α,β-unsaturated/α-hetero) is 1. The van der Waals surface area contributed by atoms with E-state index in [9.17, 15) is 37.1 Å². The second-order valence-corrected chi connectivity index (χ2v) is 15.3. The van der Waals surface area contributed by atoms with Crippen LogP contribution in [0.5, 0.6) is 5.75 Å². The van der Waals surface area contributed by atoms with E-state index in [0.29, 0.717) is 17.1 Å². The molecule has 2 aromatic carbocycles. The van der Waals surface area contributed by atoms with Crippen molar-refractivity contribution in [2.75, 3.05) is 20.2 Å². The summed E-state index contributed by atoms with van der Waals surface area (Å²) in [4.78, 5) is 72.2. The molecular formula is C37H38Cl2F5N5O6S. The van der Waals surface area contributed by atoms with Crippen LogP contribution < -0.4 is 20.7 Å². The molecule has 3 N–H and O–H groups in total. The van der Waals surface area contributed by atoms with Gasteiger partial charge in [-0.25, -0.2) is 0 Å². The number of carbonyl (C=O) groups excluding carboxylic acids is 5. The van der Waals surface area contributed by atoms with Crippen molar-refractivity contribution in [2.24, 2.45) is 5.92 Å². The molecule has 1 fully saturated rings. The van der Waals surface area contributed by atoms with Crippen molar-refractivity contribution in [3.8, 4) is 5.75 Å². The molecule has 4 atom stereocenters. The lowest BCUT2D eigenvalue weighted by molar-refractivity contribution is -0.165. The third-order valence-corrected chi connectivity index (χ3v) is 10.8. The largest absolute Gasteiger partial charge is 0.497 e. The number of carbonyl (C=O) groups is 5. The highest BCUT2D eigenvalue weighted by Crippen LogP contribution is 2.32. The van der Waals surface area contributed by atoms with E-state index in [1.807, 2.05) is 12.1 Å². The number of nitrogens with zero attached hydrogens (tertiary/aromatic N) is 2. The number of ether oxygens (including phenoxy) is 1.